The molecule has 3 heteroatoms. The molecule has 0 saturated carbocycles. The molecule has 1 heterocycles. The predicted molar refractivity (Wildman–Crippen MR) is 68.7 cm³/mol. The lowest BCUT2D eigenvalue weighted by Crippen LogP contribution is -2.41. The highest BCUT2D eigenvalue weighted by molar-refractivity contribution is 9.09. The van der Waals surface area contributed by atoms with E-state index in [4.69, 9.17) is 4.74 Å². The molecule has 1 rings (SSSR count). The Hall–Kier alpha value is 0.400. The van der Waals surface area contributed by atoms with E-state index >= 15 is 0 Å². The van der Waals surface area contributed by atoms with Crippen LogP contribution in [0.4, 0.5) is 0 Å². The quantitative estimate of drug-likeness (QED) is 0.693. The topological polar surface area (TPSA) is 12.5 Å². The fourth-order valence-corrected chi connectivity index (χ4v) is 2.96. The van der Waals surface area contributed by atoms with Crippen LogP contribution >= 0.6 is 15.9 Å². The summed E-state index contributed by atoms with van der Waals surface area (Å²) in [5.74, 6) is 0. The molecule has 1 fully saturated rings. The van der Waals surface area contributed by atoms with Crippen LogP contribution in [0.25, 0.3) is 0 Å². The molecular weight excluding hydrogens is 254 g/mol. The number of ether oxygens (including phenoxy) is 1. The Balaban J connectivity index is 2.37. The van der Waals surface area contributed by atoms with Crippen LogP contribution in [0.1, 0.15) is 32.6 Å². The lowest BCUT2D eigenvalue weighted by Gasteiger charge is -2.38. The summed E-state index contributed by atoms with van der Waals surface area (Å²) in [6, 6.07) is 0. The van der Waals surface area contributed by atoms with Crippen molar-refractivity contribution in [1.29, 1.82) is 0 Å². The molecule has 0 atom stereocenters. The molecule has 0 aliphatic carbocycles. The van der Waals surface area contributed by atoms with Crippen LogP contribution in [0.5, 0.6) is 0 Å². The first kappa shape index (κ1) is 13.5. The van der Waals surface area contributed by atoms with E-state index in [0.29, 0.717) is 5.41 Å². The van der Waals surface area contributed by atoms with Crippen LogP contribution in [-0.2, 0) is 4.74 Å². The van der Waals surface area contributed by atoms with Gasteiger partial charge in [-0.2, -0.15) is 0 Å². The molecule has 0 aromatic heterocycles. The molecule has 15 heavy (non-hydrogen) atoms. The maximum atomic E-state index is 5.45. The summed E-state index contributed by atoms with van der Waals surface area (Å²) in [5, 5.41) is 1.11. The highest BCUT2D eigenvalue weighted by Crippen LogP contribution is 2.33. The molecule has 0 radical (unpaired) electrons. The summed E-state index contributed by atoms with van der Waals surface area (Å²) >= 11 is 3.68. The smallest absolute Gasteiger partial charge is 0.0472 e. The number of nitrogens with zero attached hydrogens (tertiary/aromatic N) is 1. The molecule has 2 nitrogen and oxygen atoms in total. The van der Waals surface area contributed by atoms with Gasteiger partial charge in [0.2, 0.25) is 0 Å². The second-order valence-electron chi connectivity index (χ2n) is 4.84. The van der Waals surface area contributed by atoms with Crippen molar-refractivity contribution in [3.63, 3.8) is 0 Å². The zero-order chi connectivity index (χ0) is 11.1. The van der Waals surface area contributed by atoms with Crippen molar-refractivity contribution in [2.24, 2.45) is 5.41 Å². The van der Waals surface area contributed by atoms with Gasteiger partial charge in [0.1, 0.15) is 0 Å². The van der Waals surface area contributed by atoms with Gasteiger partial charge in [0.25, 0.3) is 0 Å². The lowest BCUT2D eigenvalue weighted by molar-refractivity contribution is 0.0119. The third-order valence-electron chi connectivity index (χ3n) is 3.34. The molecule has 1 aliphatic rings. The summed E-state index contributed by atoms with van der Waals surface area (Å²) in [6.45, 7) is 6.57. The van der Waals surface area contributed by atoms with Crippen LogP contribution in [0.2, 0.25) is 0 Å². The first-order valence-electron chi connectivity index (χ1n) is 6.05. The highest BCUT2D eigenvalue weighted by atomic mass is 79.9. The van der Waals surface area contributed by atoms with Gasteiger partial charge in [-0.1, -0.05) is 29.3 Å². The van der Waals surface area contributed by atoms with Gasteiger partial charge < -0.3 is 9.64 Å². The molecule has 1 aliphatic heterocycles. The van der Waals surface area contributed by atoms with Crippen molar-refractivity contribution in [1.82, 2.24) is 4.90 Å². The molecule has 0 amide bonds. The SMILES string of the molecule is CCCCN(C)CC1(CBr)CCOCC1. The van der Waals surface area contributed by atoms with Crippen LogP contribution in [0.3, 0.4) is 0 Å². The number of hydrogen-bond donors (Lipinski definition) is 0. The third-order valence-corrected chi connectivity index (χ3v) is 4.53. The summed E-state index contributed by atoms with van der Waals surface area (Å²) < 4.78 is 5.45. The van der Waals surface area contributed by atoms with Gasteiger partial charge in [0, 0.05) is 25.1 Å². The molecule has 0 spiro atoms. The van der Waals surface area contributed by atoms with E-state index < -0.39 is 0 Å². The third kappa shape index (κ3) is 4.41. The zero-order valence-corrected chi connectivity index (χ0v) is 11.7. The molecule has 0 aromatic rings. The van der Waals surface area contributed by atoms with Gasteiger partial charge >= 0.3 is 0 Å². The highest BCUT2D eigenvalue weighted by Gasteiger charge is 2.32. The minimum Gasteiger partial charge on any atom is -0.381 e. The van der Waals surface area contributed by atoms with Crippen molar-refractivity contribution >= 4 is 15.9 Å². The normalized spacial score (nSPS) is 20.8. The van der Waals surface area contributed by atoms with Crippen LogP contribution < -0.4 is 0 Å². The summed E-state index contributed by atoms with van der Waals surface area (Å²) in [4.78, 5) is 2.48. The Kier molecular flexibility index (Phi) is 6.17. The zero-order valence-electron chi connectivity index (χ0n) is 10.1. The number of alkyl halides is 1. The van der Waals surface area contributed by atoms with Gasteiger partial charge in [0.05, 0.1) is 0 Å². The van der Waals surface area contributed by atoms with E-state index in [1.165, 1.54) is 38.8 Å². The standard InChI is InChI=1S/C12H24BrNO/c1-3-4-7-14(2)11-12(10-13)5-8-15-9-6-12/h3-11H2,1-2H3. The number of rotatable bonds is 6. The first-order valence-corrected chi connectivity index (χ1v) is 7.17. The van der Waals surface area contributed by atoms with Crippen molar-refractivity contribution in [2.45, 2.75) is 32.6 Å². The molecular formula is C12H24BrNO. The number of unbranched alkanes of at least 4 members (excludes halogenated alkanes) is 1. The van der Waals surface area contributed by atoms with E-state index in [1.54, 1.807) is 0 Å². The van der Waals surface area contributed by atoms with E-state index in [2.05, 4.69) is 34.8 Å². The van der Waals surface area contributed by atoms with Gasteiger partial charge in [-0.05, 0) is 38.3 Å². The van der Waals surface area contributed by atoms with E-state index in [-0.39, 0.29) is 0 Å². The predicted octanol–water partition coefficient (Wildman–Crippen LogP) is 2.91. The second kappa shape index (κ2) is 6.87. The van der Waals surface area contributed by atoms with E-state index in [1.807, 2.05) is 0 Å². The first-order chi connectivity index (χ1) is 7.22. The van der Waals surface area contributed by atoms with Crippen molar-refractivity contribution in [3.05, 3.63) is 0 Å². The Morgan fingerprint density at radius 3 is 2.53 bits per heavy atom. The van der Waals surface area contributed by atoms with Gasteiger partial charge in [-0.15, -0.1) is 0 Å². The Bertz CT molecular complexity index is 169. The summed E-state index contributed by atoms with van der Waals surface area (Å²) in [6.07, 6.45) is 5.00. The fourth-order valence-electron chi connectivity index (χ4n) is 2.22. The van der Waals surface area contributed by atoms with Crippen LogP contribution in [0.15, 0.2) is 0 Å². The van der Waals surface area contributed by atoms with Crippen LogP contribution in [0, 0.1) is 5.41 Å². The maximum Gasteiger partial charge on any atom is 0.0472 e. The second-order valence-corrected chi connectivity index (χ2v) is 5.40. The number of hydrogen-bond acceptors (Lipinski definition) is 2. The Morgan fingerprint density at radius 2 is 2.00 bits per heavy atom. The van der Waals surface area contributed by atoms with Crippen LogP contribution in [-0.4, -0.2) is 43.6 Å². The average molecular weight is 278 g/mol. The molecule has 0 N–H and O–H groups in total. The minimum absolute atomic E-state index is 0.459. The monoisotopic (exact) mass is 277 g/mol. The van der Waals surface area contributed by atoms with Gasteiger partial charge in [-0.3, -0.25) is 0 Å². The summed E-state index contributed by atoms with van der Waals surface area (Å²) in [7, 11) is 2.25. The molecule has 1 saturated heterocycles. The molecule has 0 aromatic carbocycles. The minimum atomic E-state index is 0.459. The summed E-state index contributed by atoms with van der Waals surface area (Å²) in [5.41, 5.74) is 0.459. The number of halogens is 1. The molecule has 90 valence electrons. The largest absolute Gasteiger partial charge is 0.381 e. The van der Waals surface area contributed by atoms with Crippen molar-refractivity contribution < 1.29 is 4.74 Å². The Morgan fingerprint density at radius 1 is 1.33 bits per heavy atom. The van der Waals surface area contributed by atoms with Crippen molar-refractivity contribution in [3.8, 4) is 0 Å². The molecule has 0 bridgehead atoms. The van der Waals surface area contributed by atoms with Crippen molar-refractivity contribution in [2.75, 3.05) is 38.7 Å². The van der Waals surface area contributed by atoms with Gasteiger partial charge in [0.15, 0.2) is 0 Å². The van der Waals surface area contributed by atoms with Gasteiger partial charge in [-0.25, -0.2) is 0 Å². The van der Waals surface area contributed by atoms with E-state index in [9.17, 15) is 0 Å². The Labute approximate surface area is 102 Å². The average Bonchev–Trinajstić information content (AvgIpc) is 2.27. The van der Waals surface area contributed by atoms with E-state index in [0.717, 1.165) is 18.5 Å². The molecule has 0 unspecified atom stereocenters. The fraction of sp³-hybridized carbons (Fsp3) is 1.00. The maximum absolute atomic E-state index is 5.45. The lowest BCUT2D eigenvalue weighted by atomic mass is 9.82.